The highest BCUT2D eigenvalue weighted by Crippen LogP contribution is 2.25. The Balaban J connectivity index is 1.38. The molecule has 3 nitrogen and oxygen atoms in total. The van der Waals surface area contributed by atoms with Crippen molar-refractivity contribution in [3.05, 3.63) is 84.7 Å². The number of rotatable bonds is 5. The van der Waals surface area contributed by atoms with Crippen LogP contribution < -0.4 is 4.74 Å². The summed E-state index contributed by atoms with van der Waals surface area (Å²) in [5.74, 6) is 0.855. The second kappa shape index (κ2) is 7.49. The summed E-state index contributed by atoms with van der Waals surface area (Å²) in [5, 5.41) is 0. The summed E-state index contributed by atoms with van der Waals surface area (Å²) in [6.07, 6.45) is 4.99. The summed E-state index contributed by atoms with van der Waals surface area (Å²) in [7, 11) is 0. The minimum Gasteiger partial charge on any atom is -0.487 e. The van der Waals surface area contributed by atoms with E-state index in [1.807, 2.05) is 30.6 Å². The molecule has 0 aliphatic carbocycles. The monoisotopic (exact) mass is 330 g/mol. The third-order valence-electron chi connectivity index (χ3n) is 4.60. The smallest absolute Gasteiger partial charge is 0.138 e. The van der Waals surface area contributed by atoms with Gasteiger partial charge in [-0.15, -0.1) is 0 Å². The first-order chi connectivity index (χ1) is 12.4. The fourth-order valence-electron chi connectivity index (χ4n) is 3.34. The van der Waals surface area contributed by atoms with Crippen LogP contribution >= 0.6 is 0 Å². The van der Waals surface area contributed by atoms with Gasteiger partial charge in [0.05, 0.1) is 6.20 Å². The average molecular weight is 330 g/mol. The number of nitrogens with zero attached hydrogens (tertiary/aromatic N) is 2. The number of aromatic nitrogens is 1. The first kappa shape index (κ1) is 15.9. The molecule has 0 amide bonds. The summed E-state index contributed by atoms with van der Waals surface area (Å²) < 4.78 is 6.20. The minimum atomic E-state index is 0.233. The molecule has 1 saturated heterocycles. The normalized spacial score (nSPS) is 17.5. The quantitative estimate of drug-likeness (QED) is 0.693. The van der Waals surface area contributed by atoms with E-state index in [4.69, 9.17) is 4.74 Å². The SMILES string of the molecule is c1ccc(CN2CC[C@H](Oc3cncc(-c4ccccc4)c3)C2)cc1. The zero-order chi connectivity index (χ0) is 16.9. The summed E-state index contributed by atoms with van der Waals surface area (Å²) in [5.41, 5.74) is 3.62. The first-order valence-electron chi connectivity index (χ1n) is 8.80. The Morgan fingerprint density at radius 1 is 0.920 bits per heavy atom. The molecule has 0 unspecified atom stereocenters. The van der Waals surface area contributed by atoms with Crippen molar-refractivity contribution in [3.63, 3.8) is 0 Å². The van der Waals surface area contributed by atoms with Gasteiger partial charge in [0.2, 0.25) is 0 Å². The molecule has 3 aromatic rings. The van der Waals surface area contributed by atoms with Crippen molar-refractivity contribution >= 4 is 0 Å². The standard InChI is InChI=1S/C22H22N2O/c1-3-7-18(8-4-1)16-24-12-11-21(17-24)25-22-13-20(14-23-15-22)19-9-5-2-6-10-19/h1-10,13-15,21H,11-12,16-17H2/t21-/m0/s1. The molecule has 3 heteroatoms. The lowest BCUT2D eigenvalue weighted by Gasteiger charge is -2.17. The van der Waals surface area contributed by atoms with Crippen LogP contribution in [0.2, 0.25) is 0 Å². The van der Waals surface area contributed by atoms with E-state index in [9.17, 15) is 0 Å². The summed E-state index contributed by atoms with van der Waals surface area (Å²) in [6, 6.07) is 23.0. The average Bonchev–Trinajstić information content (AvgIpc) is 3.10. The highest BCUT2D eigenvalue weighted by molar-refractivity contribution is 5.63. The van der Waals surface area contributed by atoms with Crippen molar-refractivity contribution in [2.75, 3.05) is 13.1 Å². The van der Waals surface area contributed by atoms with Crippen LogP contribution in [0.25, 0.3) is 11.1 Å². The van der Waals surface area contributed by atoms with Crippen molar-refractivity contribution in [2.24, 2.45) is 0 Å². The summed E-state index contributed by atoms with van der Waals surface area (Å²) in [4.78, 5) is 6.80. The van der Waals surface area contributed by atoms with Gasteiger partial charge in [0, 0.05) is 31.4 Å². The van der Waals surface area contributed by atoms with Crippen molar-refractivity contribution in [1.29, 1.82) is 0 Å². The molecule has 2 aromatic carbocycles. The van der Waals surface area contributed by atoms with Gasteiger partial charge in [0.1, 0.15) is 11.9 Å². The van der Waals surface area contributed by atoms with Gasteiger partial charge >= 0.3 is 0 Å². The molecule has 1 aliphatic heterocycles. The van der Waals surface area contributed by atoms with E-state index in [-0.39, 0.29) is 6.10 Å². The zero-order valence-electron chi connectivity index (χ0n) is 14.2. The number of likely N-dealkylation sites (tertiary alicyclic amines) is 1. The molecule has 0 saturated carbocycles. The topological polar surface area (TPSA) is 25.4 Å². The van der Waals surface area contributed by atoms with Gasteiger partial charge in [0.15, 0.2) is 0 Å². The molecule has 1 aliphatic rings. The number of pyridine rings is 1. The molecule has 0 bridgehead atoms. The Kier molecular flexibility index (Phi) is 4.75. The highest BCUT2D eigenvalue weighted by Gasteiger charge is 2.24. The van der Waals surface area contributed by atoms with E-state index < -0.39 is 0 Å². The molecule has 4 rings (SSSR count). The minimum absolute atomic E-state index is 0.233. The molecule has 126 valence electrons. The largest absolute Gasteiger partial charge is 0.487 e. The van der Waals surface area contributed by atoms with Crippen LogP contribution in [0, 0.1) is 0 Å². The maximum Gasteiger partial charge on any atom is 0.138 e. The molecule has 1 atom stereocenters. The van der Waals surface area contributed by atoms with Crippen molar-refractivity contribution in [1.82, 2.24) is 9.88 Å². The fraction of sp³-hybridized carbons (Fsp3) is 0.227. The molecule has 1 aromatic heterocycles. The van der Waals surface area contributed by atoms with E-state index in [1.54, 1.807) is 0 Å². The lowest BCUT2D eigenvalue weighted by molar-refractivity contribution is 0.198. The van der Waals surface area contributed by atoms with Crippen LogP contribution in [0.4, 0.5) is 0 Å². The van der Waals surface area contributed by atoms with Crippen molar-refractivity contribution in [2.45, 2.75) is 19.1 Å². The molecule has 0 radical (unpaired) electrons. The van der Waals surface area contributed by atoms with Crippen molar-refractivity contribution < 1.29 is 4.74 Å². The molecular formula is C22H22N2O. The Labute approximate surface area is 148 Å². The van der Waals surface area contributed by atoms with Crippen LogP contribution in [0.15, 0.2) is 79.1 Å². The van der Waals surface area contributed by atoms with Crippen LogP contribution in [-0.2, 0) is 6.54 Å². The van der Waals surface area contributed by atoms with Gasteiger partial charge in [-0.05, 0) is 23.6 Å². The van der Waals surface area contributed by atoms with Crippen LogP contribution in [0.3, 0.4) is 0 Å². The van der Waals surface area contributed by atoms with Gasteiger partial charge in [-0.3, -0.25) is 9.88 Å². The maximum atomic E-state index is 6.20. The van der Waals surface area contributed by atoms with Crippen LogP contribution in [-0.4, -0.2) is 29.1 Å². The fourth-order valence-corrected chi connectivity index (χ4v) is 3.34. The first-order valence-corrected chi connectivity index (χ1v) is 8.80. The third kappa shape index (κ3) is 4.06. The maximum absolute atomic E-state index is 6.20. The number of ether oxygens (including phenoxy) is 1. The van der Waals surface area contributed by atoms with Gasteiger partial charge in [-0.2, -0.15) is 0 Å². The number of hydrogen-bond acceptors (Lipinski definition) is 3. The van der Waals surface area contributed by atoms with Gasteiger partial charge < -0.3 is 4.74 Å². The Hall–Kier alpha value is -2.65. The van der Waals surface area contributed by atoms with E-state index in [0.29, 0.717) is 0 Å². The summed E-state index contributed by atoms with van der Waals surface area (Å²) in [6.45, 7) is 3.03. The number of hydrogen-bond donors (Lipinski definition) is 0. The van der Waals surface area contributed by atoms with E-state index in [0.717, 1.165) is 42.9 Å². The summed E-state index contributed by atoms with van der Waals surface area (Å²) >= 11 is 0. The Bertz CT molecular complexity index is 805. The van der Waals surface area contributed by atoms with Gasteiger partial charge in [-0.1, -0.05) is 60.7 Å². The van der Waals surface area contributed by atoms with E-state index in [2.05, 4.69) is 58.4 Å². The lowest BCUT2D eigenvalue weighted by Crippen LogP contribution is -2.24. The molecule has 0 N–H and O–H groups in total. The van der Waals surface area contributed by atoms with Gasteiger partial charge in [0.25, 0.3) is 0 Å². The highest BCUT2D eigenvalue weighted by atomic mass is 16.5. The molecule has 1 fully saturated rings. The van der Waals surface area contributed by atoms with Crippen molar-refractivity contribution in [3.8, 4) is 16.9 Å². The Morgan fingerprint density at radius 2 is 1.68 bits per heavy atom. The lowest BCUT2D eigenvalue weighted by atomic mass is 10.1. The molecule has 2 heterocycles. The van der Waals surface area contributed by atoms with Gasteiger partial charge in [-0.25, -0.2) is 0 Å². The molecule has 25 heavy (non-hydrogen) atoms. The van der Waals surface area contributed by atoms with Crippen LogP contribution in [0.5, 0.6) is 5.75 Å². The molecular weight excluding hydrogens is 308 g/mol. The zero-order valence-corrected chi connectivity index (χ0v) is 14.2. The second-order valence-electron chi connectivity index (χ2n) is 6.52. The van der Waals surface area contributed by atoms with E-state index in [1.165, 1.54) is 5.56 Å². The predicted octanol–water partition coefficient (Wildman–Crippen LogP) is 4.40. The van der Waals surface area contributed by atoms with E-state index >= 15 is 0 Å². The van der Waals surface area contributed by atoms with Crippen LogP contribution in [0.1, 0.15) is 12.0 Å². The predicted molar refractivity (Wildman–Crippen MR) is 100 cm³/mol. The number of benzene rings is 2. The second-order valence-corrected chi connectivity index (χ2v) is 6.52. The molecule has 0 spiro atoms. The third-order valence-corrected chi connectivity index (χ3v) is 4.60. The Morgan fingerprint density at radius 3 is 2.48 bits per heavy atom.